The van der Waals surface area contributed by atoms with Gasteiger partial charge in [0, 0.05) is 30.1 Å². The molecule has 7 nitrogen and oxygen atoms in total. The van der Waals surface area contributed by atoms with Gasteiger partial charge in [-0.3, -0.25) is 10.1 Å². The van der Waals surface area contributed by atoms with Gasteiger partial charge in [0.25, 0.3) is 0 Å². The molecule has 0 saturated carbocycles. The third-order valence-corrected chi connectivity index (χ3v) is 4.72. The second kappa shape index (κ2) is 9.09. The molecule has 0 amide bonds. The highest BCUT2D eigenvalue weighted by Crippen LogP contribution is 2.35. The van der Waals surface area contributed by atoms with Crippen LogP contribution in [0.15, 0.2) is 55.0 Å². The van der Waals surface area contributed by atoms with Gasteiger partial charge in [0.15, 0.2) is 0 Å². The largest absolute Gasteiger partial charge is 0.497 e. The Hall–Kier alpha value is -2.87. The van der Waals surface area contributed by atoms with Crippen LogP contribution < -0.4 is 9.64 Å². The predicted octanol–water partition coefficient (Wildman–Crippen LogP) is 4.23. The van der Waals surface area contributed by atoms with Crippen LogP contribution in [0.1, 0.15) is 0 Å². The lowest BCUT2D eigenvalue weighted by atomic mass is 10.2. The molecular weight excluding hydrogens is 413 g/mol. The van der Waals surface area contributed by atoms with E-state index in [9.17, 15) is 5.11 Å². The van der Waals surface area contributed by atoms with Gasteiger partial charge in [0.05, 0.1) is 53.5 Å². The van der Waals surface area contributed by atoms with Gasteiger partial charge in [-0.1, -0.05) is 11.6 Å². The molecule has 0 aliphatic carbocycles. The zero-order chi connectivity index (χ0) is 19.5. The number of ether oxygens (including phenoxy) is 1. The van der Waals surface area contributed by atoms with Crippen molar-refractivity contribution in [3.63, 3.8) is 0 Å². The molecule has 2 N–H and O–H groups in total. The Labute approximate surface area is 178 Å². The zero-order valence-corrected chi connectivity index (χ0v) is 17.1. The number of aliphatic hydroxyl groups is 1. The minimum absolute atomic E-state index is 0. The van der Waals surface area contributed by atoms with Crippen LogP contribution in [0.3, 0.4) is 0 Å². The Morgan fingerprint density at radius 3 is 2.72 bits per heavy atom. The average molecular weight is 432 g/mol. The van der Waals surface area contributed by atoms with E-state index in [4.69, 9.17) is 21.3 Å². The van der Waals surface area contributed by atoms with E-state index >= 15 is 0 Å². The van der Waals surface area contributed by atoms with E-state index in [1.165, 1.54) is 0 Å². The number of fused-ring (bicyclic) bond motifs is 1. The maximum absolute atomic E-state index is 9.60. The monoisotopic (exact) mass is 431 g/mol. The first-order chi connectivity index (χ1) is 13.7. The number of benzene rings is 2. The second-order valence-corrected chi connectivity index (χ2v) is 6.52. The fourth-order valence-corrected chi connectivity index (χ4v) is 3.23. The first-order valence-corrected chi connectivity index (χ1v) is 9.05. The molecule has 0 atom stereocenters. The van der Waals surface area contributed by atoms with Crippen LogP contribution >= 0.6 is 24.0 Å². The minimum Gasteiger partial charge on any atom is -0.497 e. The lowest BCUT2D eigenvalue weighted by Gasteiger charge is -2.25. The van der Waals surface area contributed by atoms with Crippen molar-refractivity contribution >= 4 is 46.4 Å². The third-order valence-electron chi connectivity index (χ3n) is 4.40. The molecule has 0 radical (unpaired) electrons. The van der Waals surface area contributed by atoms with Gasteiger partial charge >= 0.3 is 0 Å². The Balaban J connectivity index is 0.00000240. The summed E-state index contributed by atoms with van der Waals surface area (Å²) in [5.74, 6) is 0.685. The number of anilines is 2. The SMILES string of the molecule is COc1ccc(Cl)c(N(CCO)c2ccc3ncc(-c4cn[nH]c4)nc3c2)c1.Cl. The summed E-state index contributed by atoms with van der Waals surface area (Å²) in [4.78, 5) is 11.1. The lowest BCUT2D eigenvalue weighted by molar-refractivity contribution is 0.305. The van der Waals surface area contributed by atoms with Gasteiger partial charge in [-0.15, -0.1) is 12.4 Å². The quantitative estimate of drug-likeness (QED) is 0.474. The number of hydrogen-bond acceptors (Lipinski definition) is 6. The molecule has 2 heterocycles. The van der Waals surface area contributed by atoms with Crippen LogP contribution in [0.4, 0.5) is 11.4 Å². The molecule has 4 rings (SSSR count). The molecule has 0 aliphatic rings. The molecule has 0 unspecified atom stereocenters. The maximum atomic E-state index is 9.60. The normalized spacial score (nSPS) is 10.6. The summed E-state index contributed by atoms with van der Waals surface area (Å²) in [7, 11) is 1.60. The van der Waals surface area contributed by atoms with Crippen molar-refractivity contribution in [2.45, 2.75) is 0 Å². The number of aliphatic hydroxyl groups excluding tert-OH is 1. The fraction of sp³-hybridized carbons (Fsp3) is 0.150. The summed E-state index contributed by atoms with van der Waals surface area (Å²) in [5.41, 5.74) is 4.69. The molecule has 150 valence electrons. The highest BCUT2D eigenvalue weighted by molar-refractivity contribution is 6.33. The Bertz CT molecular complexity index is 1110. The summed E-state index contributed by atoms with van der Waals surface area (Å²) in [6, 6.07) is 11.2. The highest BCUT2D eigenvalue weighted by atomic mass is 35.5. The Morgan fingerprint density at radius 2 is 2.00 bits per heavy atom. The molecule has 0 fully saturated rings. The third kappa shape index (κ3) is 4.27. The van der Waals surface area contributed by atoms with E-state index < -0.39 is 0 Å². The summed E-state index contributed by atoms with van der Waals surface area (Å²) in [5, 5.41) is 16.9. The number of aromatic amines is 1. The number of nitrogens with zero attached hydrogens (tertiary/aromatic N) is 4. The molecule has 29 heavy (non-hydrogen) atoms. The molecular formula is C20H19Cl2N5O2. The van der Waals surface area contributed by atoms with Crippen LogP contribution in [0.5, 0.6) is 5.75 Å². The van der Waals surface area contributed by atoms with E-state index in [1.807, 2.05) is 29.2 Å². The van der Waals surface area contributed by atoms with E-state index in [0.29, 0.717) is 17.3 Å². The molecule has 9 heteroatoms. The number of hydrogen-bond donors (Lipinski definition) is 2. The number of rotatable bonds is 6. The Morgan fingerprint density at radius 1 is 1.14 bits per heavy atom. The molecule has 0 saturated heterocycles. The highest BCUT2D eigenvalue weighted by Gasteiger charge is 2.15. The second-order valence-electron chi connectivity index (χ2n) is 6.11. The smallest absolute Gasteiger partial charge is 0.121 e. The molecule has 4 aromatic rings. The molecule has 2 aromatic heterocycles. The predicted molar refractivity (Wildman–Crippen MR) is 116 cm³/mol. The van der Waals surface area contributed by atoms with Crippen LogP contribution in [0.25, 0.3) is 22.3 Å². The van der Waals surface area contributed by atoms with E-state index in [0.717, 1.165) is 33.7 Å². The number of nitrogens with one attached hydrogen (secondary N) is 1. The van der Waals surface area contributed by atoms with Crippen molar-refractivity contribution in [2.75, 3.05) is 25.2 Å². The van der Waals surface area contributed by atoms with Crippen molar-refractivity contribution in [3.8, 4) is 17.0 Å². The Kier molecular flexibility index (Phi) is 6.53. The standard InChI is InChI=1S/C20H18ClN5O2.ClH/c1-28-15-3-4-16(21)20(9-15)26(6-7-27)14-2-5-17-18(8-14)25-19(12-22-17)13-10-23-24-11-13;/h2-5,8-12,27H,6-7H2,1H3,(H,23,24);1H. The van der Waals surface area contributed by atoms with E-state index in [-0.39, 0.29) is 19.0 Å². The topological polar surface area (TPSA) is 87.2 Å². The van der Waals surface area contributed by atoms with Gasteiger partial charge in [0.1, 0.15) is 5.75 Å². The molecule has 0 aliphatic heterocycles. The lowest BCUT2D eigenvalue weighted by Crippen LogP contribution is -2.21. The maximum Gasteiger partial charge on any atom is 0.121 e. The fourth-order valence-electron chi connectivity index (χ4n) is 3.01. The number of methoxy groups -OCH3 is 1. The minimum atomic E-state index is -0.0354. The molecule has 0 spiro atoms. The van der Waals surface area contributed by atoms with Crippen molar-refractivity contribution in [3.05, 3.63) is 60.0 Å². The average Bonchev–Trinajstić information content (AvgIpc) is 3.27. The summed E-state index contributed by atoms with van der Waals surface area (Å²) in [6.45, 7) is 0.333. The number of H-pyrrole nitrogens is 1. The number of halogens is 2. The molecule has 0 bridgehead atoms. The van der Waals surface area contributed by atoms with Crippen LogP contribution in [0, 0.1) is 0 Å². The van der Waals surface area contributed by atoms with Gasteiger partial charge in [0.2, 0.25) is 0 Å². The van der Waals surface area contributed by atoms with Crippen molar-refractivity contribution < 1.29 is 9.84 Å². The van der Waals surface area contributed by atoms with Gasteiger partial charge in [-0.05, 0) is 30.3 Å². The van der Waals surface area contributed by atoms with Crippen LogP contribution in [-0.2, 0) is 0 Å². The first kappa shape index (κ1) is 20.9. The van der Waals surface area contributed by atoms with Gasteiger partial charge in [-0.25, -0.2) is 4.98 Å². The van der Waals surface area contributed by atoms with E-state index in [1.54, 1.807) is 37.8 Å². The summed E-state index contributed by atoms with van der Waals surface area (Å²) >= 11 is 6.43. The first-order valence-electron chi connectivity index (χ1n) is 8.67. The number of aromatic nitrogens is 4. The summed E-state index contributed by atoms with van der Waals surface area (Å²) < 4.78 is 5.32. The van der Waals surface area contributed by atoms with Crippen molar-refractivity contribution in [1.29, 1.82) is 0 Å². The van der Waals surface area contributed by atoms with Gasteiger partial charge in [-0.2, -0.15) is 5.10 Å². The van der Waals surface area contributed by atoms with Crippen molar-refractivity contribution in [2.24, 2.45) is 0 Å². The zero-order valence-electron chi connectivity index (χ0n) is 15.5. The van der Waals surface area contributed by atoms with Gasteiger partial charge < -0.3 is 14.7 Å². The van der Waals surface area contributed by atoms with Crippen LogP contribution in [-0.4, -0.2) is 45.5 Å². The van der Waals surface area contributed by atoms with E-state index in [2.05, 4.69) is 15.2 Å². The van der Waals surface area contributed by atoms with Crippen LogP contribution in [0.2, 0.25) is 5.02 Å². The summed E-state index contributed by atoms with van der Waals surface area (Å²) in [6.07, 6.45) is 5.19. The van der Waals surface area contributed by atoms with Crippen molar-refractivity contribution in [1.82, 2.24) is 20.2 Å². The molecule has 2 aromatic carbocycles.